The van der Waals surface area contributed by atoms with Crippen LogP contribution in [0.4, 0.5) is 13.2 Å². The van der Waals surface area contributed by atoms with Gasteiger partial charge < -0.3 is 5.11 Å². The molecule has 0 aliphatic carbocycles. The number of piperidine rings is 1. The van der Waals surface area contributed by atoms with Crippen molar-refractivity contribution in [2.24, 2.45) is 5.92 Å². The third-order valence-electron chi connectivity index (χ3n) is 1.78. The molecule has 11 heavy (non-hydrogen) atoms. The molecule has 2 unspecified atom stereocenters. The average molecular weight is 168 g/mol. The topological polar surface area (TPSA) is 34.3 Å². The molecule has 1 aliphatic heterocycles. The van der Waals surface area contributed by atoms with Crippen molar-refractivity contribution in [1.82, 2.24) is 5.32 Å². The summed E-state index contributed by atoms with van der Waals surface area (Å²) in [5, 5.41) is 12.3. The minimum atomic E-state index is -4.17. The Kier molecular flexibility index (Phi) is 2.39. The van der Waals surface area contributed by atoms with Crippen LogP contribution in [0.3, 0.4) is 0 Å². The van der Waals surface area contributed by atoms with Crippen LogP contribution in [0, 0.1) is 5.92 Å². The van der Waals surface area contributed by atoms with Crippen molar-refractivity contribution < 1.29 is 18.3 Å². The Morgan fingerprint density at radius 1 is 1.36 bits per heavy atom. The lowest BCUT2D eigenvalue weighted by Gasteiger charge is -2.27. The number of aliphatic hydroxyl groups is 1. The third-order valence-corrected chi connectivity index (χ3v) is 1.78. The van der Waals surface area contributed by atoms with Crippen molar-refractivity contribution in [3.63, 3.8) is 0 Å². The minimum absolute atomic E-state index is 0.0144. The van der Waals surface area contributed by atoms with Crippen LogP contribution in [-0.4, -0.2) is 24.1 Å². The van der Waals surface area contributed by atoms with Crippen LogP contribution < -0.4 is 5.32 Å². The van der Waals surface area contributed by atoms with Gasteiger partial charge in [0.05, 0.1) is 5.92 Å². The molecule has 0 amide bonds. The first kappa shape index (κ1) is 8.80. The van der Waals surface area contributed by atoms with E-state index in [0.29, 0.717) is 0 Å². The van der Waals surface area contributed by atoms with Crippen LogP contribution in [0.5, 0.6) is 0 Å². The quantitative estimate of drug-likeness (QED) is 0.572. The molecule has 0 saturated carbocycles. The Hall–Kier alpha value is -0.290. The highest BCUT2D eigenvalue weighted by molar-refractivity contribution is 4.76. The van der Waals surface area contributed by atoms with Crippen molar-refractivity contribution in [3.8, 4) is 0 Å². The van der Waals surface area contributed by atoms with Gasteiger partial charge in [-0.3, -0.25) is 0 Å². The molecule has 1 fully saturated rings. The summed E-state index contributed by atoms with van der Waals surface area (Å²) in [6, 6.07) is 0. The van der Waals surface area contributed by atoms with E-state index in [9.17, 15) is 13.2 Å². The van der Waals surface area contributed by atoms with Gasteiger partial charge in [-0.15, -0.1) is 0 Å². The van der Waals surface area contributed by atoms with Crippen LogP contribution in [0.2, 0.25) is 0 Å². The van der Waals surface area contributed by atoms with Gasteiger partial charge in [-0.25, -0.2) is 5.32 Å². The first-order valence-electron chi connectivity index (χ1n) is 3.41. The normalized spacial score (nSPS) is 33.8. The van der Waals surface area contributed by atoms with Gasteiger partial charge in [0, 0.05) is 6.54 Å². The van der Waals surface area contributed by atoms with Crippen LogP contribution in [0.15, 0.2) is 0 Å². The predicted octanol–water partition coefficient (Wildman–Crippen LogP) is 0.881. The van der Waals surface area contributed by atoms with E-state index in [0.717, 1.165) is 0 Å². The summed E-state index contributed by atoms with van der Waals surface area (Å²) < 4.78 is 35.9. The highest BCUT2D eigenvalue weighted by Crippen LogP contribution is 2.33. The molecule has 1 rings (SSSR count). The van der Waals surface area contributed by atoms with E-state index in [-0.39, 0.29) is 19.4 Å². The number of rotatable bonds is 0. The summed E-state index contributed by atoms with van der Waals surface area (Å²) in [4.78, 5) is 0. The summed E-state index contributed by atoms with van der Waals surface area (Å²) in [6.07, 6.45) is -5.54. The van der Waals surface area contributed by atoms with Gasteiger partial charge >= 0.3 is 6.18 Å². The molecule has 0 aromatic carbocycles. The lowest BCUT2D eigenvalue weighted by molar-refractivity contribution is -0.190. The van der Waals surface area contributed by atoms with Crippen molar-refractivity contribution in [3.05, 3.63) is 0 Å². The lowest BCUT2D eigenvalue weighted by Crippen LogP contribution is -2.38. The monoisotopic (exact) mass is 168 g/mol. The number of nitrogens with zero attached hydrogens (tertiary/aromatic N) is 1. The van der Waals surface area contributed by atoms with Gasteiger partial charge in [0.15, 0.2) is 0 Å². The maximum atomic E-state index is 12.0. The molecule has 2 nitrogen and oxygen atoms in total. The minimum Gasteiger partial charge on any atom is -0.377 e. The molecule has 0 spiro atoms. The maximum Gasteiger partial charge on any atom is 0.392 e. The molecule has 1 N–H and O–H groups in total. The van der Waals surface area contributed by atoms with Gasteiger partial charge in [0.25, 0.3) is 0 Å². The zero-order chi connectivity index (χ0) is 8.48. The Labute approximate surface area is 62.4 Å². The van der Waals surface area contributed by atoms with Crippen molar-refractivity contribution in [2.45, 2.75) is 25.2 Å². The van der Waals surface area contributed by atoms with Crippen LogP contribution in [0.25, 0.3) is 0 Å². The van der Waals surface area contributed by atoms with Crippen molar-refractivity contribution in [2.75, 3.05) is 6.54 Å². The SMILES string of the molecule is OC1CC(C(F)(F)F)CC[N]1. The summed E-state index contributed by atoms with van der Waals surface area (Å²) in [5.74, 6) is -1.37. The van der Waals surface area contributed by atoms with Gasteiger partial charge in [0.2, 0.25) is 0 Å². The molecule has 0 bridgehead atoms. The molecule has 1 saturated heterocycles. The highest BCUT2D eigenvalue weighted by Gasteiger charge is 2.42. The lowest BCUT2D eigenvalue weighted by atomic mass is 9.96. The molecule has 0 aromatic rings. The molecule has 2 atom stereocenters. The largest absolute Gasteiger partial charge is 0.392 e. The molecule has 5 heteroatoms. The molecule has 1 heterocycles. The highest BCUT2D eigenvalue weighted by atomic mass is 19.4. The Balaban J connectivity index is 2.46. The number of hydrogen-bond donors (Lipinski definition) is 1. The summed E-state index contributed by atoms with van der Waals surface area (Å²) in [5.41, 5.74) is 0. The zero-order valence-corrected chi connectivity index (χ0v) is 5.80. The van der Waals surface area contributed by atoms with Gasteiger partial charge in [0.1, 0.15) is 6.23 Å². The number of hydrogen-bond acceptors (Lipinski definition) is 1. The van der Waals surface area contributed by atoms with Crippen molar-refractivity contribution in [1.29, 1.82) is 0 Å². The van der Waals surface area contributed by atoms with Gasteiger partial charge in [-0.2, -0.15) is 13.2 Å². The standard InChI is InChI=1S/C6H9F3NO/c7-6(8,9)4-1-2-10-5(11)3-4/h4-5,11H,1-3H2. The third kappa shape index (κ3) is 2.34. The smallest absolute Gasteiger partial charge is 0.377 e. The Morgan fingerprint density at radius 3 is 2.36 bits per heavy atom. The van der Waals surface area contributed by atoms with E-state index in [1.165, 1.54) is 0 Å². The van der Waals surface area contributed by atoms with E-state index < -0.39 is 18.3 Å². The second-order valence-corrected chi connectivity index (χ2v) is 2.65. The maximum absolute atomic E-state index is 12.0. The average Bonchev–Trinajstić information content (AvgIpc) is 1.86. The van der Waals surface area contributed by atoms with E-state index in [1.807, 2.05) is 0 Å². The Morgan fingerprint density at radius 2 is 2.00 bits per heavy atom. The molecule has 0 aromatic heterocycles. The van der Waals surface area contributed by atoms with Gasteiger partial charge in [-0.1, -0.05) is 0 Å². The predicted molar refractivity (Wildman–Crippen MR) is 31.8 cm³/mol. The first-order valence-corrected chi connectivity index (χ1v) is 3.41. The number of halogens is 3. The zero-order valence-electron chi connectivity index (χ0n) is 5.80. The Bertz CT molecular complexity index is 136. The van der Waals surface area contributed by atoms with Gasteiger partial charge in [-0.05, 0) is 12.8 Å². The molecule has 65 valence electrons. The molecule has 1 aliphatic rings. The number of aliphatic hydroxyl groups excluding tert-OH is 1. The first-order chi connectivity index (χ1) is 5.00. The van der Waals surface area contributed by atoms with E-state index in [4.69, 9.17) is 5.11 Å². The molecule has 1 radical (unpaired) electrons. The second-order valence-electron chi connectivity index (χ2n) is 2.65. The summed E-state index contributed by atoms with van der Waals surface area (Å²) in [7, 11) is 0. The van der Waals surface area contributed by atoms with Crippen molar-refractivity contribution >= 4 is 0 Å². The second kappa shape index (κ2) is 2.98. The van der Waals surface area contributed by atoms with Crippen LogP contribution >= 0.6 is 0 Å². The fourth-order valence-corrected chi connectivity index (χ4v) is 1.12. The molecular formula is C6H9F3NO. The number of alkyl halides is 3. The van der Waals surface area contributed by atoms with E-state index in [1.54, 1.807) is 0 Å². The van der Waals surface area contributed by atoms with E-state index in [2.05, 4.69) is 5.32 Å². The fraction of sp³-hybridized carbons (Fsp3) is 1.00. The summed E-state index contributed by atoms with van der Waals surface area (Å²) in [6.45, 7) is 0.116. The van der Waals surface area contributed by atoms with Crippen LogP contribution in [0.1, 0.15) is 12.8 Å². The fourth-order valence-electron chi connectivity index (χ4n) is 1.12. The van der Waals surface area contributed by atoms with Crippen LogP contribution in [-0.2, 0) is 0 Å². The summed E-state index contributed by atoms with van der Waals surface area (Å²) >= 11 is 0. The van der Waals surface area contributed by atoms with E-state index >= 15 is 0 Å². The molecular weight excluding hydrogens is 159 g/mol.